The summed E-state index contributed by atoms with van der Waals surface area (Å²) in [7, 11) is 0. The van der Waals surface area contributed by atoms with Crippen molar-refractivity contribution in [3.05, 3.63) is 30.1 Å². The molecule has 0 aliphatic heterocycles. The lowest BCUT2D eigenvalue weighted by Crippen LogP contribution is -1.95. The Bertz CT molecular complexity index is 463. The predicted octanol–water partition coefficient (Wildman–Crippen LogP) is 2.34. The Hall–Kier alpha value is -1.64. The smallest absolute Gasteiger partial charge is 0.149 e. The minimum atomic E-state index is 0.487. The number of nitrogens with zero attached hydrogens (tertiary/aromatic N) is 2. The molecule has 0 radical (unpaired) electrons. The first-order valence-corrected chi connectivity index (χ1v) is 4.68. The molecule has 0 spiro atoms. The third-order valence-electron chi connectivity index (χ3n) is 2.32. The first-order valence-electron chi connectivity index (χ1n) is 4.68. The Morgan fingerprint density at radius 1 is 1.29 bits per heavy atom. The van der Waals surface area contributed by atoms with E-state index in [1.165, 1.54) is 5.56 Å². The summed E-state index contributed by atoms with van der Waals surface area (Å²) in [6, 6.07) is 4.05. The number of nitrogens with two attached hydrogens (primary N) is 1. The van der Waals surface area contributed by atoms with Crippen molar-refractivity contribution in [1.29, 1.82) is 0 Å². The fourth-order valence-electron chi connectivity index (χ4n) is 1.41. The molecule has 0 unspecified atom stereocenters. The molecule has 72 valence electrons. The first kappa shape index (κ1) is 8.94. The van der Waals surface area contributed by atoms with Gasteiger partial charge in [0.15, 0.2) is 0 Å². The van der Waals surface area contributed by atoms with E-state index < -0.39 is 0 Å². The normalized spacial score (nSPS) is 11.1. The zero-order chi connectivity index (χ0) is 10.1. The monoisotopic (exact) mass is 187 g/mol. The maximum Gasteiger partial charge on any atom is 0.149 e. The van der Waals surface area contributed by atoms with Crippen LogP contribution in [-0.2, 0) is 0 Å². The van der Waals surface area contributed by atoms with Crippen LogP contribution in [0.15, 0.2) is 24.5 Å². The van der Waals surface area contributed by atoms with Gasteiger partial charge >= 0.3 is 0 Å². The van der Waals surface area contributed by atoms with Crippen molar-refractivity contribution in [3.8, 4) is 0 Å². The van der Waals surface area contributed by atoms with Crippen LogP contribution in [0, 0.1) is 0 Å². The molecule has 0 saturated heterocycles. The Balaban J connectivity index is 2.67. The Kier molecular flexibility index (Phi) is 2.08. The average molecular weight is 187 g/mol. The number of aromatic nitrogens is 2. The van der Waals surface area contributed by atoms with Gasteiger partial charge in [-0.3, -0.25) is 4.98 Å². The van der Waals surface area contributed by atoms with Crippen molar-refractivity contribution in [2.24, 2.45) is 0 Å². The molecular weight excluding hydrogens is 174 g/mol. The molecule has 0 amide bonds. The second kappa shape index (κ2) is 3.25. The van der Waals surface area contributed by atoms with Crippen LogP contribution in [0.1, 0.15) is 25.3 Å². The van der Waals surface area contributed by atoms with Crippen LogP contribution in [0.4, 0.5) is 5.82 Å². The molecular formula is C11H13N3. The number of pyridine rings is 2. The van der Waals surface area contributed by atoms with Gasteiger partial charge in [0.1, 0.15) is 11.3 Å². The number of hydrogen-bond acceptors (Lipinski definition) is 3. The molecule has 14 heavy (non-hydrogen) atoms. The summed E-state index contributed by atoms with van der Waals surface area (Å²) in [6.45, 7) is 4.29. The summed E-state index contributed by atoms with van der Waals surface area (Å²) >= 11 is 0. The van der Waals surface area contributed by atoms with Crippen molar-refractivity contribution >= 4 is 16.7 Å². The van der Waals surface area contributed by atoms with E-state index in [4.69, 9.17) is 5.73 Å². The Morgan fingerprint density at radius 2 is 2.07 bits per heavy atom. The third-order valence-corrected chi connectivity index (χ3v) is 2.32. The zero-order valence-electron chi connectivity index (χ0n) is 8.36. The second-order valence-electron chi connectivity index (χ2n) is 3.69. The van der Waals surface area contributed by atoms with E-state index in [0.29, 0.717) is 11.7 Å². The van der Waals surface area contributed by atoms with Crippen LogP contribution >= 0.6 is 0 Å². The minimum Gasteiger partial charge on any atom is -0.382 e. The zero-order valence-corrected chi connectivity index (χ0v) is 8.36. The van der Waals surface area contributed by atoms with E-state index in [2.05, 4.69) is 29.9 Å². The topological polar surface area (TPSA) is 51.8 Å². The van der Waals surface area contributed by atoms with Gasteiger partial charge < -0.3 is 5.73 Å². The van der Waals surface area contributed by atoms with Gasteiger partial charge in [-0.25, -0.2) is 4.98 Å². The molecule has 0 aromatic carbocycles. The molecule has 2 rings (SSSR count). The summed E-state index contributed by atoms with van der Waals surface area (Å²) in [6.07, 6.45) is 3.58. The maximum atomic E-state index is 5.71. The van der Waals surface area contributed by atoms with Gasteiger partial charge in [-0.1, -0.05) is 13.8 Å². The fourth-order valence-corrected chi connectivity index (χ4v) is 1.41. The molecule has 0 bridgehead atoms. The maximum absolute atomic E-state index is 5.71. The molecule has 0 saturated carbocycles. The molecule has 2 aromatic rings. The highest BCUT2D eigenvalue weighted by Gasteiger charge is 2.03. The summed E-state index contributed by atoms with van der Waals surface area (Å²) in [5.74, 6) is 0.985. The van der Waals surface area contributed by atoms with Crippen LogP contribution in [0.5, 0.6) is 0 Å². The summed E-state index contributed by atoms with van der Waals surface area (Å²) < 4.78 is 0. The standard InChI is InChI=1S/C11H13N3/c1-7(2)9-5-8-3-4-13-11(12)10(8)14-6-9/h3-7H,1-2H3,(H2,12,13). The highest BCUT2D eigenvalue weighted by atomic mass is 14.9. The van der Waals surface area contributed by atoms with Crippen molar-refractivity contribution in [2.75, 3.05) is 5.73 Å². The molecule has 3 heteroatoms. The molecule has 2 N–H and O–H groups in total. The van der Waals surface area contributed by atoms with Gasteiger partial charge in [-0.15, -0.1) is 0 Å². The third kappa shape index (κ3) is 1.41. The SMILES string of the molecule is CC(C)c1cnc2c(N)nccc2c1. The number of anilines is 1. The van der Waals surface area contributed by atoms with Gasteiger partial charge in [0.05, 0.1) is 0 Å². The Labute approximate surface area is 83.0 Å². The van der Waals surface area contributed by atoms with Crippen LogP contribution in [0.25, 0.3) is 10.9 Å². The van der Waals surface area contributed by atoms with E-state index in [1.807, 2.05) is 12.3 Å². The highest BCUT2D eigenvalue weighted by molar-refractivity contribution is 5.87. The first-order chi connectivity index (χ1) is 6.68. The average Bonchev–Trinajstić information content (AvgIpc) is 2.17. The fraction of sp³-hybridized carbons (Fsp3) is 0.273. The number of hydrogen-bond donors (Lipinski definition) is 1. The molecule has 0 aliphatic carbocycles. The summed E-state index contributed by atoms with van der Waals surface area (Å²) in [5.41, 5.74) is 7.72. The largest absolute Gasteiger partial charge is 0.382 e. The van der Waals surface area contributed by atoms with Crippen molar-refractivity contribution in [1.82, 2.24) is 9.97 Å². The lowest BCUT2D eigenvalue weighted by Gasteiger charge is -2.06. The van der Waals surface area contributed by atoms with Gasteiger partial charge in [0.25, 0.3) is 0 Å². The van der Waals surface area contributed by atoms with E-state index in [-0.39, 0.29) is 0 Å². The molecule has 0 aliphatic rings. The van der Waals surface area contributed by atoms with Gasteiger partial charge in [0, 0.05) is 17.8 Å². The molecule has 0 atom stereocenters. The Morgan fingerprint density at radius 3 is 2.79 bits per heavy atom. The van der Waals surface area contributed by atoms with Gasteiger partial charge in [0.2, 0.25) is 0 Å². The number of fused-ring (bicyclic) bond motifs is 1. The predicted molar refractivity (Wildman–Crippen MR) is 58.0 cm³/mol. The lowest BCUT2D eigenvalue weighted by atomic mass is 10.0. The number of rotatable bonds is 1. The molecule has 3 nitrogen and oxygen atoms in total. The molecule has 0 fully saturated rings. The van der Waals surface area contributed by atoms with Gasteiger partial charge in [-0.2, -0.15) is 0 Å². The highest BCUT2D eigenvalue weighted by Crippen LogP contribution is 2.21. The van der Waals surface area contributed by atoms with Crippen molar-refractivity contribution in [2.45, 2.75) is 19.8 Å². The van der Waals surface area contributed by atoms with Crippen LogP contribution in [0.3, 0.4) is 0 Å². The van der Waals surface area contributed by atoms with E-state index in [9.17, 15) is 0 Å². The second-order valence-corrected chi connectivity index (χ2v) is 3.69. The molecule has 2 heterocycles. The number of nitrogen functional groups attached to an aromatic ring is 1. The van der Waals surface area contributed by atoms with E-state index in [1.54, 1.807) is 6.20 Å². The van der Waals surface area contributed by atoms with Crippen LogP contribution in [-0.4, -0.2) is 9.97 Å². The van der Waals surface area contributed by atoms with Crippen LogP contribution in [0.2, 0.25) is 0 Å². The van der Waals surface area contributed by atoms with E-state index in [0.717, 1.165) is 10.9 Å². The summed E-state index contributed by atoms with van der Waals surface area (Å²) in [5, 5.41) is 1.06. The lowest BCUT2D eigenvalue weighted by molar-refractivity contribution is 0.862. The quantitative estimate of drug-likeness (QED) is 0.745. The van der Waals surface area contributed by atoms with Crippen molar-refractivity contribution < 1.29 is 0 Å². The van der Waals surface area contributed by atoms with Crippen molar-refractivity contribution in [3.63, 3.8) is 0 Å². The summed E-state index contributed by atoms with van der Waals surface area (Å²) in [4.78, 5) is 8.31. The van der Waals surface area contributed by atoms with Gasteiger partial charge in [-0.05, 0) is 23.6 Å². The minimum absolute atomic E-state index is 0.487. The van der Waals surface area contributed by atoms with Crippen LogP contribution < -0.4 is 5.73 Å². The molecule has 2 aromatic heterocycles. The van der Waals surface area contributed by atoms with E-state index >= 15 is 0 Å².